The van der Waals surface area contributed by atoms with Crippen molar-refractivity contribution in [2.24, 2.45) is 0 Å². The van der Waals surface area contributed by atoms with Gasteiger partial charge in [-0.3, -0.25) is 29.9 Å². The van der Waals surface area contributed by atoms with Crippen LogP contribution in [-0.4, -0.2) is 28.0 Å². The third kappa shape index (κ3) is 3.29. The summed E-state index contributed by atoms with van der Waals surface area (Å²) in [6.07, 6.45) is -0.00916. The third-order valence-electron chi connectivity index (χ3n) is 2.65. The number of alkyl halides is 1. The fourth-order valence-electron chi connectivity index (χ4n) is 1.76. The number of rotatable bonds is 3. The number of halogens is 1. The highest BCUT2D eigenvalue weighted by Crippen LogP contribution is 2.16. The molecular weight excluding hydrogens is 300 g/mol. The Hall–Kier alpha value is -2.61. The number of hydrogen-bond acceptors (Lipinski definition) is 4. The SMILES string of the molecule is O=C(CCCl)NC(=O)Nc1cccc2c(=O)[nH][nH]c(=O)c12. The van der Waals surface area contributed by atoms with Crippen LogP contribution in [0.25, 0.3) is 10.8 Å². The number of carbonyl (C=O) groups is 2. The molecule has 9 heteroatoms. The smallest absolute Gasteiger partial charge is 0.307 e. The monoisotopic (exact) mass is 310 g/mol. The first-order valence-electron chi connectivity index (χ1n) is 5.93. The zero-order valence-corrected chi connectivity index (χ0v) is 11.4. The van der Waals surface area contributed by atoms with E-state index in [1.54, 1.807) is 0 Å². The summed E-state index contributed by atoms with van der Waals surface area (Å²) in [5.41, 5.74) is -0.935. The van der Waals surface area contributed by atoms with Crippen LogP contribution in [0.1, 0.15) is 6.42 Å². The molecule has 2 rings (SSSR count). The van der Waals surface area contributed by atoms with Gasteiger partial charge in [0.1, 0.15) is 0 Å². The molecule has 0 fully saturated rings. The highest BCUT2D eigenvalue weighted by atomic mass is 35.5. The van der Waals surface area contributed by atoms with Crippen LogP contribution in [0, 0.1) is 0 Å². The van der Waals surface area contributed by atoms with Crippen molar-refractivity contribution >= 4 is 40.0 Å². The fraction of sp³-hybridized carbons (Fsp3) is 0.167. The van der Waals surface area contributed by atoms with Crippen LogP contribution in [0.15, 0.2) is 27.8 Å². The lowest BCUT2D eigenvalue weighted by Crippen LogP contribution is -2.34. The molecule has 0 unspecified atom stereocenters. The molecule has 8 nitrogen and oxygen atoms in total. The van der Waals surface area contributed by atoms with Crippen molar-refractivity contribution in [3.8, 4) is 0 Å². The van der Waals surface area contributed by atoms with Gasteiger partial charge in [-0.25, -0.2) is 4.79 Å². The first kappa shape index (κ1) is 14.8. The van der Waals surface area contributed by atoms with E-state index in [-0.39, 0.29) is 28.8 Å². The number of fused-ring (bicyclic) bond motifs is 1. The number of hydrogen-bond donors (Lipinski definition) is 4. The number of aromatic nitrogens is 2. The number of imide groups is 1. The second kappa shape index (κ2) is 6.23. The quantitative estimate of drug-likeness (QED) is 0.616. The van der Waals surface area contributed by atoms with E-state index < -0.39 is 23.1 Å². The number of benzene rings is 1. The van der Waals surface area contributed by atoms with E-state index in [4.69, 9.17) is 11.6 Å². The lowest BCUT2D eigenvalue weighted by Gasteiger charge is -2.08. The summed E-state index contributed by atoms with van der Waals surface area (Å²) in [6, 6.07) is 3.60. The molecular formula is C12H11ClN4O4. The van der Waals surface area contributed by atoms with Crippen LogP contribution in [-0.2, 0) is 4.79 Å². The third-order valence-corrected chi connectivity index (χ3v) is 2.84. The number of amides is 3. The largest absolute Gasteiger partial charge is 0.325 e. The van der Waals surface area contributed by atoms with E-state index in [0.29, 0.717) is 0 Å². The predicted molar refractivity (Wildman–Crippen MR) is 77.7 cm³/mol. The van der Waals surface area contributed by atoms with Crippen LogP contribution in [0.3, 0.4) is 0 Å². The normalized spacial score (nSPS) is 10.3. The summed E-state index contributed by atoms with van der Waals surface area (Å²) in [4.78, 5) is 46.3. The van der Waals surface area contributed by atoms with Crippen molar-refractivity contribution in [1.29, 1.82) is 0 Å². The zero-order valence-electron chi connectivity index (χ0n) is 10.7. The van der Waals surface area contributed by atoms with Crippen molar-refractivity contribution in [3.63, 3.8) is 0 Å². The van der Waals surface area contributed by atoms with Gasteiger partial charge in [-0.05, 0) is 12.1 Å². The van der Waals surface area contributed by atoms with Crippen LogP contribution in [0.5, 0.6) is 0 Å². The van der Waals surface area contributed by atoms with Crippen LogP contribution in [0.2, 0.25) is 0 Å². The van der Waals surface area contributed by atoms with Crippen LogP contribution >= 0.6 is 11.6 Å². The molecule has 0 bridgehead atoms. The Morgan fingerprint density at radius 3 is 2.57 bits per heavy atom. The first-order valence-corrected chi connectivity index (χ1v) is 6.47. The van der Waals surface area contributed by atoms with Gasteiger partial charge < -0.3 is 5.32 Å². The van der Waals surface area contributed by atoms with E-state index in [2.05, 4.69) is 20.8 Å². The summed E-state index contributed by atoms with van der Waals surface area (Å²) in [5.74, 6) is -0.461. The molecule has 0 atom stereocenters. The molecule has 2 aromatic rings. The van der Waals surface area contributed by atoms with Gasteiger partial charge in [-0.15, -0.1) is 11.6 Å². The molecule has 0 radical (unpaired) electrons. The fourth-order valence-corrected chi connectivity index (χ4v) is 1.93. The van der Waals surface area contributed by atoms with Crippen LogP contribution < -0.4 is 21.8 Å². The number of urea groups is 1. The highest BCUT2D eigenvalue weighted by Gasteiger charge is 2.12. The molecule has 0 spiro atoms. The molecule has 0 aliphatic carbocycles. The van der Waals surface area contributed by atoms with E-state index in [1.807, 2.05) is 0 Å². The molecule has 21 heavy (non-hydrogen) atoms. The van der Waals surface area contributed by atoms with Crippen LogP contribution in [0.4, 0.5) is 10.5 Å². The Bertz CT molecular complexity index is 811. The van der Waals surface area contributed by atoms with Crippen molar-refractivity contribution < 1.29 is 9.59 Å². The van der Waals surface area contributed by atoms with Crippen molar-refractivity contribution in [3.05, 3.63) is 38.9 Å². The summed E-state index contributed by atoms with van der Waals surface area (Å²) < 4.78 is 0. The first-order chi connectivity index (χ1) is 10.0. The predicted octanol–water partition coefficient (Wildman–Crippen LogP) is 0.493. The average molecular weight is 311 g/mol. The Morgan fingerprint density at radius 2 is 1.86 bits per heavy atom. The number of aromatic amines is 2. The molecule has 1 aromatic heterocycles. The van der Waals surface area contributed by atoms with Gasteiger partial charge in [0.25, 0.3) is 11.1 Å². The van der Waals surface area contributed by atoms with Crippen molar-refractivity contribution in [2.45, 2.75) is 6.42 Å². The molecule has 0 saturated heterocycles. The summed E-state index contributed by atoms with van der Waals surface area (Å²) in [6.45, 7) is 0. The van der Waals surface area contributed by atoms with Gasteiger partial charge in [-0.1, -0.05) is 6.07 Å². The highest BCUT2D eigenvalue weighted by molar-refractivity contribution is 6.19. The standard InChI is InChI=1S/C12H11ClN4O4/c13-5-4-8(18)15-12(21)14-7-3-1-2-6-9(7)11(20)17-16-10(6)19/h1-3H,4-5H2,(H,16,19)(H,17,20)(H2,14,15,18,21). The molecule has 0 aliphatic heterocycles. The topological polar surface area (TPSA) is 124 Å². The van der Waals surface area contributed by atoms with Gasteiger partial charge in [0.05, 0.1) is 16.5 Å². The van der Waals surface area contributed by atoms with Gasteiger partial charge >= 0.3 is 6.03 Å². The Kier molecular flexibility index (Phi) is 4.39. The summed E-state index contributed by atoms with van der Waals surface area (Å²) in [5, 5.41) is 8.92. The minimum absolute atomic E-state index is 0.00916. The molecule has 1 heterocycles. The lowest BCUT2D eigenvalue weighted by molar-refractivity contribution is -0.119. The van der Waals surface area contributed by atoms with Crippen molar-refractivity contribution in [2.75, 3.05) is 11.2 Å². The van der Waals surface area contributed by atoms with E-state index in [1.165, 1.54) is 18.2 Å². The molecule has 0 aliphatic rings. The summed E-state index contributed by atoms with van der Waals surface area (Å²) in [7, 11) is 0. The number of anilines is 1. The van der Waals surface area contributed by atoms with E-state index in [9.17, 15) is 19.2 Å². The molecule has 4 N–H and O–H groups in total. The maximum Gasteiger partial charge on any atom is 0.325 e. The van der Waals surface area contributed by atoms with Gasteiger partial charge in [0.2, 0.25) is 5.91 Å². The molecule has 3 amide bonds. The van der Waals surface area contributed by atoms with Gasteiger partial charge in [0, 0.05) is 12.3 Å². The average Bonchev–Trinajstić information content (AvgIpc) is 2.43. The molecule has 0 saturated carbocycles. The number of H-pyrrole nitrogens is 2. The lowest BCUT2D eigenvalue weighted by atomic mass is 10.1. The summed E-state index contributed by atoms with van der Waals surface area (Å²) >= 11 is 5.38. The van der Waals surface area contributed by atoms with E-state index >= 15 is 0 Å². The maximum absolute atomic E-state index is 11.8. The second-order valence-corrected chi connectivity index (χ2v) is 4.46. The second-order valence-electron chi connectivity index (χ2n) is 4.08. The number of carbonyl (C=O) groups excluding carboxylic acids is 2. The zero-order chi connectivity index (χ0) is 15.4. The molecule has 1 aromatic carbocycles. The minimum Gasteiger partial charge on any atom is -0.307 e. The Balaban J connectivity index is 2.33. The van der Waals surface area contributed by atoms with E-state index in [0.717, 1.165) is 0 Å². The molecule has 110 valence electrons. The van der Waals surface area contributed by atoms with Gasteiger partial charge in [0.15, 0.2) is 0 Å². The van der Waals surface area contributed by atoms with Gasteiger partial charge in [-0.2, -0.15) is 0 Å². The Morgan fingerprint density at radius 1 is 1.14 bits per heavy atom. The Labute approximate surface area is 122 Å². The number of nitrogens with one attached hydrogen (secondary N) is 4. The minimum atomic E-state index is -0.808. The van der Waals surface area contributed by atoms with Crippen molar-refractivity contribution in [1.82, 2.24) is 15.5 Å². The maximum atomic E-state index is 11.8.